The fraction of sp³-hybridized carbons (Fsp3) is 0.294. The molecular formula is C17H22N6O2S. The predicted molar refractivity (Wildman–Crippen MR) is 102 cm³/mol. The zero-order chi connectivity index (χ0) is 18.9. The van der Waals surface area contributed by atoms with Crippen molar-refractivity contribution < 1.29 is 8.42 Å². The Hall–Kier alpha value is -2.49. The van der Waals surface area contributed by atoms with E-state index < -0.39 is 10.2 Å². The second kappa shape index (κ2) is 7.02. The first-order chi connectivity index (χ1) is 12.3. The highest BCUT2D eigenvalue weighted by Gasteiger charge is 2.13. The van der Waals surface area contributed by atoms with E-state index in [0.717, 1.165) is 40.1 Å². The SMILES string of the molecule is CCc1cc(CNS(N)(=O)=O)ccc1N(C)c1cc2c(cn1)ncn2C. The minimum atomic E-state index is -3.71. The maximum absolute atomic E-state index is 11.1. The van der Waals surface area contributed by atoms with E-state index in [9.17, 15) is 8.42 Å². The fourth-order valence-electron chi connectivity index (χ4n) is 2.87. The van der Waals surface area contributed by atoms with E-state index in [-0.39, 0.29) is 6.54 Å². The highest BCUT2D eigenvalue weighted by molar-refractivity contribution is 7.87. The van der Waals surface area contributed by atoms with Crippen molar-refractivity contribution >= 4 is 32.7 Å². The third-order valence-electron chi connectivity index (χ3n) is 4.30. The molecule has 26 heavy (non-hydrogen) atoms. The molecule has 0 fully saturated rings. The van der Waals surface area contributed by atoms with Crippen molar-refractivity contribution in [3.8, 4) is 0 Å². The summed E-state index contributed by atoms with van der Waals surface area (Å²) in [5, 5.41) is 4.99. The van der Waals surface area contributed by atoms with Crippen molar-refractivity contribution in [1.29, 1.82) is 0 Å². The third-order valence-corrected chi connectivity index (χ3v) is 4.85. The summed E-state index contributed by atoms with van der Waals surface area (Å²) in [5.74, 6) is 0.811. The van der Waals surface area contributed by atoms with Crippen LogP contribution in [0.4, 0.5) is 11.5 Å². The summed E-state index contributed by atoms with van der Waals surface area (Å²) in [7, 11) is 0.199. The highest BCUT2D eigenvalue weighted by atomic mass is 32.2. The molecule has 0 radical (unpaired) electrons. The molecule has 0 amide bonds. The Balaban J connectivity index is 1.92. The van der Waals surface area contributed by atoms with Crippen LogP contribution in [-0.2, 0) is 30.2 Å². The van der Waals surface area contributed by atoms with Gasteiger partial charge in [0, 0.05) is 32.4 Å². The number of aromatic nitrogens is 3. The van der Waals surface area contributed by atoms with Gasteiger partial charge in [-0.2, -0.15) is 13.1 Å². The number of aryl methyl sites for hydroxylation is 2. The van der Waals surface area contributed by atoms with Crippen LogP contribution in [-0.4, -0.2) is 30.0 Å². The van der Waals surface area contributed by atoms with Gasteiger partial charge in [0.1, 0.15) is 11.3 Å². The van der Waals surface area contributed by atoms with Crippen molar-refractivity contribution in [3.63, 3.8) is 0 Å². The lowest BCUT2D eigenvalue weighted by atomic mass is 10.1. The summed E-state index contributed by atoms with van der Waals surface area (Å²) in [4.78, 5) is 10.8. The summed E-state index contributed by atoms with van der Waals surface area (Å²) in [6, 6.07) is 7.82. The molecule has 3 rings (SSSR count). The fourth-order valence-corrected chi connectivity index (χ4v) is 3.24. The molecule has 0 spiro atoms. The molecule has 2 heterocycles. The summed E-state index contributed by atoms with van der Waals surface area (Å²) in [6.45, 7) is 2.22. The van der Waals surface area contributed by atoms with Crippen LogP contribution in [0.1, 0.15) is 18.1 Å². The van der Waals surface area contributed by atoms with E-state index in [0.29, 0.717) is 0 Å². The molecular weight excluding hydrogens is 352 g/mol. The molecule has 1 aromatic carbocycles. The number of benzene rings is 1. The van der Waals surface area contributed by atoms with Gasteiger partial charge in [0.2, 0.25) is 0 Å². The average Bonchev–Trinajstić information content (AvgIpc) is 2.99. The number of rotatable bonds is 6. The van der Waals surface area contributed by atoms with Gasteiger partial charge >= 0.3 is 0 Å². The highest BCUT2D eigenvalue weighted by Crippen LogP contribution is 2.28. The number of nitrogens with two attached hydrogens (primary N) is 1. The monoisotopic (exact) mass is 374 g/mol. The van der Waals surface area contributed by atoms with Crippen LogP contribution in [0.15, 0.2) is 36.8 Å². The van der Waals surface area contributed by atoms with Crippen molar-refractivity contribution in [2.75, 3.05) is 11.9 Å². The van der Waals surface area contributed by atoms with Crippen molar-refractivity contribution in [3.05, 3.63) is 47.9 Å². The number of fused-ring (bicyclic) bond motifs is 1. The second-order valence-electron chi connectivity index (χ2n) is 6.13. The Morgan fingerprint density at radius 3 is 2.73 bits per heavy atom. The quantitative estimate of drug-likeness (QED) is 0.681. The molecule has 0 aliphatic rings. The topological polar surface area (TPSA) is 106 Å². The number of hydrogen-bond donors (Lipinski definition) is 2. The van der Waals surface area contributed by atoms with Gasteiger partial charge in [0.25, 0.3) is 10.2 Å². The lowest BCUT2D eigenvalue weighted by Gasteiger charge is -2.22. The summed E-state index contributed by atoms with van der Waals surface area (Å²) in [5.41, 5.74) is 4.82. The molecule has 3 N–H and O–H groups in total. The van der Waals surface area contributed by atoms with E-state index in [1.807, 2.05) is 47.8 Å². The summed E-state index contributed by atoms with van der Waals surface area (Å²) < 4.78 is 26.4. The van der Waals surface area contributed by atoms with Crippen LogP contribution < -0.4 is 14.8 Å². The van der Waals surface area contributed by atoms with Gasteiger partial charge in [-0.3, -0.25) is 0 Å². The van der Waals surface area contributed by atoms with E-state index >= 15 is 0 Å². The third kappa shape index (κ3) is 3.85. The van der Waals surface area contributed by atoms with Crippen LogP contribution >= 0.6 is 0 Å². The number of nitrogens with one attached hydrogen (secondary N) is 1. The molecule has 138 valence electrons. The molecule has 0 bridgehead atoms. The number of imidazole rings is 1. The molecule has 0 aliphatic heterocycles. The first kappa shape index (κ1) is 18.3. The number of nitrogens with zero attached hydrogens (tertiary/aromatic N) is 4. The van der Waals surface area contributed by atoms with E-state index in [1.54, 1.807) is 12.5 Å². The maximum atomic E-state index is 11.1. The van der Waals surface area contributed by atoms with Crippen LogP contribution in [0.25, 0.3) is 11.0 Å². The normalized spacial score (nSPS) is 11.8. The minimum absolute atomic E-state index is 0.162. The molecule has 2 aromatic heterocycles. The van der Waals surface area contributed by atoms with E-state index in [2.05, 4.69) is 21.6 Å². The van der Waals surface area contributed by atoms with Crippen LogP contribution in [0.5, 0.6) is 0 Å². The number of pyridine rings is 1. The zero-order valence-corrected chi connectivity index (χ0v) is 15.8. The lowest BCUT2D eigenvalue weighted by Crippen LogP contribution is -2.30. The summed E-state index contributed by atoms with van der Waals surface area (Å²) >= 11 is 0. The van der Waals surface area contributed by atoms with Gasteiger partial charge in [0.05, 0.1) is 18.0 Å². The smallest absolute Gasteiger partial charge is 0.274 e. The standard InChI is InChI=1S/C17H22N6O2S/c1-4-13-7-12(9-21-26(18,24)25)5-6-15(13)23(3)17-8-16-14(10-19-17)20-11-22(16)2/h5-8,10-11,21H,4,9H2,1-3H3,(H2,18,24,25). The first-order valence-corrected chi connectivity index (χ1v) is 9.73. The molecule has 0 aliphatic carbocycles. The van der Waals surface area contributed by atoms with E-state index in [4.69, 9.17) is 5.14 Å². The Morgan fingerprint density at radius 2 is 2.04 bits per heavy atom. The van der Waals surface area contributed by atoms with Gasteiger partial charge in [-0.15, -0.1) is 0 Å². The van der Waals surface area contributed by atoms with Crippen LogP contribution in [0.3, 0.4) is 0 Å². The maximum Gasteiger partial charge on any atom is 0.274 e. The molecule has 9 heteroatoms. The molecule has 3 aromatic rings. The van der Waals surface area contributed by atoms with Crippen LogP contribution in [0, 0.1) is 0 Å². The Labute approximate surface area is 152 Å². The van der Waals surface area contributed by atoms with Gasteiger partial charge in [-0.05, 0) is 23.6 Å². The molecule has 0 saturated heterocycles. The average molecular weight is 374 g/mol. The second-order valence-corrected chi connectivity index (χ2v) is 7.51. The zero-order valence-electron chi connectivity index (χ0n) is 15.0. The van der Waals surface area contributed by atoms with Gasteiger partial charge < -0.3 is 9.47 Å². The molecule has 8 nitrogen and oxygen atoms in total. The predicted octanol–water partition coefficient (Wildman–Crippen LogP) is 1.59. The van der Waals surface area contributed by atoms with Crippen molar-refractivity contribution in [2.24, 2.45) is 12.2 Å². The Morgan fingerprint density at radius 1 is 1.27 bits per heavy atom. The Kier molecular flexibility index (Phi) is 4.94. The largest absolute Gasteiger partial charge is 0.334 e. The molecule has 0 saturated carbocycles. The Bertz CT molecular complexity index is 1040. The van der Waals surface area contributed by atoms with E-state index in [1.165, 1.54) is 0 Å². The lowest BCUT2D eigenvalue weighted by molar-refractivity contribution is 0.583. The minimum Gasteiger partial charge on any atom is -0.334 e. The van der Waals surface area contributed by atoms with Crippen molar-refractivity contribution in [1.82, 2.24) is 19.3 Å². The van der Waals surface area contributed by atoms with Gasteiger partial charge in [0.15, 0.2) is 0 Å². The number of anilines is 2. The molecule has 0 atom stereocenters. The first-order valence-electron chi connectivity index (χ1n) is 8.18. The number of hydrogen-bond acceptors (Lipinski definition) is 5. The van der Waals surface area contributed by atoms with Gasteiger partial charge in [-0.25, -0.2) is 15.1 Å². The molecule has 0 unspecified atom stereocenters. The summed E-state index contributed by atoms with van der Waals surface area (Å²) in [6.07, 6.45) is 4.33. The van der Waals surface area contributed by atoms with Gasteiger partial charge in [-0.1, -0.05) is 19.1 Å². The van der Waals surface area contributed by atoms with Crippen molar-refractivity contribution in [2.45, 2.75) is 19.9 Å². The van der Waals surface area contributed by atoms with Crippen LogP contribution in [0.2, 0.25) is 0 Å².